The SMILES string of the molecule is CNS(=O)(=O)N1CCC(Cc2cccs2)CC1. The predicted octanol–water partition coefficient (Wildman–Crippen LogP) is 1.47. The van der Waals surface area contributed by atoms with Crippen LogP contribution in [0.1, 0.15) is 17.7 Å². The predicted molar refractivity (Wildman–Crippen MR) is 70.3 cm³/mol. The number of hydrogen-bond donors (Lipinski definition) is 1. The van der Waals surface area contributed by atoms with E-state index in [1.807, 2.05) is 0 Å². The molecule has 1 aliphatic heterocycles. The normalized spacial score (nSPS) is 19.6. The fourth-order valence-electron chi connectivity index (χ4n) is 2.20. The largest absolute Gasteiger partial charge is 0.279 e. The fourth-order valence-corrected chi connectivity index (χ4v) is 3.97. The van der Waals surface area contributed by atoms with Gasteiger partial charge in [-0.3, -0.25) is 0 Å². The first-order valence-electron chi connectivity index (χ1n) is 5.83. The molecular weight excluding hydrogens is 256 g/mol. The van der Waals surface area contributed by atoms with Crippen LogP contribution in [0.25, 0.3) is 0 Å². The highest BCUT2D eigenvalue weighted by Crippen LogP contribution is 2.24. The van der Waals surface area contributed by atoms with Crippen LogP contribution in [0.2, 0.25) is 0 Å². The summed E-state index contributed by atoms with van der Waals surface area (Å²) in [6.45, 7) is 1.28. The molecule has 1 aromatic heterocycles. The number of rotatable bonds is 4. The molecule has 0 saturated carbocycles. The van der Waals surface area contributed by atoms with Gasteiger partial charge >= 0.3 is 0 Å². The average molecular weight is 274 g/mol. The van der Waals surface area contributed by atoms with Gasteiger partial charge in [0.25, 0.3) is 10.2 Å². The van der Waals surface area contributed by atoms with Crippen molar-refractivity contribution in [3.63, 3.8) is 0 Å². The van der Waals surface area contributed by atoms with E-state index < -0.39 is 10.2 Å². The number of thiophene rings is 1. The second kappa shape index (κ2) is 5.48. The smallest absolute Gasteiger partial charge is 0.205 e. The van der Waals surface area contributed by atoms with Gasteiger partial charge in [0.05, 0.1) is 0 Å². The molecule has 17 heavy (non-hydrogen) atoms. The molecule has 0 atom stereocenters. The van der Waals surface area contributed by atoms with Gasteiger partial charge in [-0.25, -0.2) is 4.72 Å². The molecule has 0 spiro atoms. The third-order valence-corrected chi connectivity index (χ3v) is 5.70. The van der Waals surface area contributed by atoms with Crippen LogP contribution in [0.5, 0.6) is 0 Å². The topological polar surface area (TPSA) is 49.4 Å². The molecule has 1 fully saturated rings. The Morgan fingerprint density at radius 2 is 2.18 bits per heavy atom. The maximum absolute atomic E-state index is 11.6. The molecule has 0 amide bonds. The van der Waals surface area contributed by atoms with E-state index in [4.69, 9.17) is 0 Å². The Kier molecular flexibility index (Phi) is 4.19. The standard InChI is InChI=1S/C11H18N2O2S2/c1-12-17(14,15)13-6-4-10(5-7-13)9-11-3-2-8-16-11/h2-3,8,10,12H,4-7,9H2,1H3. The number of nitrogens with one attached hydrogen (secondary N) is 1. The lowest BCUT2D eigenvalue weighted by atomic mass is 9.94. The monoisotopic (exact) mass is 274 g/mol. The van der Waals surface area contributed by atoms with Crippen LogP contribution in [0.4, 0.5) is 0 Å². The maximum Gasteiger partial charge on any atom is 0.279 e. The van der Waals surface area contributed by atoms with Gasteiger partial charge in [-0.05, 0) is 36.6 Å². The average Bonchev–Trinajstić information content (AvgIpc) is 2.83. The van der Waals surface area contributed by atoms with Crippen molar-refractivity contribution in [2.45, 2.75) is 19.3 Å². The summed E-state index contributed by atoms with van der Waals surface area (Å²) >= 11 is 1.78. The van der Waals surface area contributed by atoms with Crippen molar-refractivity contribution in [2.75, 3.05) is 20.1 Å². The van der Waals surface area contributed by atoms with Crippen molar-refractivity contribution in [3.05, 3.63) is 22.4 Å². The molecule has 0 aromatic carbocycles. The molecule has 4 nitrogen and oxygen atoms in total. The van der Waals surface area contributed by atoms with Crippen LogP contribution >= 0.6 is 11.3 Å². The van der Waals surface area contributed by atoms with Crippen molar-refractivity contribution in [1.82, 2.24) is 9.03 Å². The number of nitrogens with zero attached hydrogens (tertiary/aromatic N) is 1. The number of hydrogen-bond acceptors (Lipinski definition) is 3. The Bertz CT molecular complexity index is 434. The van der Waals surface area contributed by atoms with Crippen LogP contribution in [0.3, 0.4) is 0 Å². The Labute approximate surface area is 107 Å². The molecule has 6 heteroatoms. The zero-order valence-electron chi connectivity index (χ0n) is 9.93. The highest BCUT2D eigenvalue weighted by atomic mass is 32.2. The van der Waals surface area contributed by atoms with E-state index in [2.05, 4.69) is 22.2 Å². The van der Waals surface area contributed by atoms with E-state index in [0.29, 0.717) is 19.0 Å². The molecule has 0 aliphatic carbocycles. The zero-order chi connectivity index (χ0) is 12.3. The maximum atomic E-state index is 11.6. The van der Waals surface area contributed by atoms with Gasteiger partial charge in [-0.1, -0.05) is 6.07 Å². The Balaban J connectivity index is 1.86. The molecule has 1 aliphatic rings. The van der Waals surface area contributed by atoms with Crippen LogP contribution < -0.4 is 4.72 Å². The fraction of sp³-hybridized carbons (Fsp3) is 0.636. The minimum atomic E-state index is -3.22. The summed E-state index contributed by atoms with van der Waals surface area (Å²) in [5, 5.41) is 2.09. The molecule has 0 radical (unpaired) electrons. The first kappa shape index (κ1) is 13.0. The van der Waals surface area contributed by atoms with Gasteiger partial charge in [-0.2, -0.15) is 12.7 Å². The molecular formula is C11H18N2O2S2. The Morgan fingerprint density at radius 3 is 2.71 bits per heavy atom. The molecule has 1 N–H and O–H groups in total. The van der Waals surface area contributed by atoms with Crippen molar-refractivity contribution in [1.29, 1.82) is 0 Å². The van der Waals surface area contributed by atoms with Crippen LogP contribution in [-0.2, 0) is 16.6 Å². The van der Waals surface area contributed by atoms with Crippen molar-refractivity contribution < 1.29 is 8.42 Å². The van der Waals surface area contributed by atoms with E-state index in [0.717, 1.165) is 19.3 Å². The lowest BCUT2D eigenvalue weighted by Crippen LogP contribution is -2.43. The summed E-state index contributed by atoms with van der Waals surface area (Å²) in [7, 11) is -1.76. The minimum Gasteiger partial charge on any atom is -0.205 e. The molecule has 1 saturated heterocycles. The Morgan fingerprint density at radius 1 is 1.47 bits per heavy atom. The highest BCUT2D eigenvalue weighted by Gasteiger charge is 2.26. The quantitative estimate of drug-likeness (QED) is 0.904. The van der Waals surface area contributed by atoms with Crippen molar-refractivity contribution in [3.8, 4) is 0 Å². The van der Waals surface area contributed by atoms with Gasteiger partial charge in [0.15, 0.2) is 0 Å². The van der Waals surface area contributed by atoms with Crippen LogP contribution in [0, 0.1) is 5.92 Å². The first-order chi connectivity index (χ1) is 8.12. The van der Waals surface area contributed by atoms with Crippen molar-refractivity contribution in [2.24, 2.45) is 5.92 Å². The summed E-state index contributed by atoms with van der Waals surface area (Å²) in [5.74, 6) is 0.622. The molecule has 96 valence electrons. The zero-order valence-corrected chi connectivity index (χ0v) is 11.6. The second-order valence-electron chi connectivity index (χ2n) is 4.34. The summed E-state index contributed by atoms with van der Waals surface area (Å²) in [6.07, 6.45) is 3.00. The van der Waals surface area contributed by atoms with Crippen molar-refractivity contribution >= 4 is 21.5 Å². The molecule has 0 bridgehead atoms. The summed E-state index contributed by atoms with van der Waals surface area (Å²) in [6, 6.07) is 4.22. The van der Waals surface area contributed by atoms with Gasteiger partial charge in [-0.15, -0.1) is 11.3 Å². The number of piperidine rings is 1. The van der Waals surface area contributed by atoms with Gasteiger partial charge in [0, 0.05) is 25.0 Å². The third kappa shape index (κ3) is 3.28. The van der Waals surface area contributed by atoms with E-state index in [1.165, 1.54) is 16.2 Å². The highest BCUT2D eigenvalue weighted by molar-refractivity contribution is 7.87. The lowest BCUT2D eigenvalue weighted by molar-refractivity contribution is 0.272. The summed E-state index contributed by atoms with van der Waals surface area (Å²) < 4.78 is 27.1. The molecule has 1 aromatic rings. The van der Waals surface area contributed by atoms with Crippen LogP contribution in [0.15, 0.2) is 17.5 Å². The summed E-state index contributed by atoms with van der Waals surface area (Å²) in [5.41, 5.74) is 0. The molecule has 0 unspecified atom stereocenters. The third-order valence-electron chi connectivity index (χ3n) is 3.24. The van der Waals surface area contributed by atoms with Gasteiger partial charge in [0.2, 0.25) is 0 Å². The first-order valence-corrected chi connectivity index (χ1v) is 8.15. The van der Waals surface area contributed by atoms with E-state index >= 15 is 0 Å². The Hall–Kier alpha value is -0.430. The summed E-state index contributed by atoms with van der Waals surface area (Å²) in [4.78, 5) is 1.40. The van der Waals surface area contributed by atoms with Gasteiger partial charge < -0.3 is 0 Å². The lowest BCUT2D eigenvalue weighted by Gasteiger charge is -2.30. The van der Waals surface area contributed by atoms with E-state index in [-0.39, 0.29) is 0 Å². The van der Waals surface area contributed by atoms with E-state index in [9.17, 15) is 8.42 Å². The van der Waals surface area contributed by atoms with Gasteiger partial charge in [0.1, 0.15) is 0 Å². The van der Waals surface area contributed by atoms with E-state index in [1.54, 1.807) is 11.3 Å². The minimum absolute atomic E-state index is 0.622. The second-order valence-corrected chi connectivity index (χ2v) is 7.24. The van der Waals surface area contributed by atoms with Crippen LogP contribution in [-0.4, -0.2) is 32.9 Å². The molecule has 2 rings (SSSR count). The molecule has 2 heterocycles.